The topological polar surface area (TPSA) is 62.2 Å². The number of carbonyl (C=O) groups excluding carboxylic acids is 1. The van der Waals surface area contributed by atoms with Crippen molar-refractivity contribution in [1.29, 1.82) is 0 Å². The van der Waals surface area contributed by atoms with Gasteiger partial charge in [0.1, 0.15) is 0 Å². The van der Waals surface area contributed by atoms with Gasteiger partial charge in [-0.25, -0.2) is 8.78 Å². The minimum absolute atomic E-state index is 0.146. The monoisotopic (exact) mass is 381 g/mol. The van der Waals surface area contributed by atoms with Gasteiger partial charge in [-0.15, -0.1) is 10.2 Å². The lowest BCUT2D eigenvalue weighted by atomic mass is 10.1. The Hall–Kier alpha value is -3.42. The molecule has 3 aromatic rings. The van der Waals surface area contributed by atoms with Crippen molar-refractivity contribution in [2.75, 3.05) is 31.1 Å². The van der Waals surface area contributed by atoms with Crippen LogP contribution in [0.3, 0.4) is 0 Å². The van der Waals surface area contributed by atoms with Crippen LogP contribution in [0.25, 0.3) is 11.3 Å². The summed E-state index contributed by atoms with van der Waals surface area (Å²) in [6, 6.07) is 10.7. The van der Waals surface area contributed by atoms with Crippen LogP contribution in [0.15, 0.2) is 54.9 Å². The maximum absolute atomic E-state index is 13.4. The zero-order chi connectivity index (χ0) is 19.5. The van der Waals surface area contributed by atoms with Gasteiger partial charge in [0.25, 0.3) is 5.91 Å². The molecule has 1 amide bonds. The fourth-order valence-electron chi connectivity index (χ4n) is 3.11. The maximum Gasteiger partial charge on any atom is 0.254 e. The first-order valence-electron chi connectivity index (χ1n) is 8.85. The second-order valence-corrected chi connectivity index (χ2v) is 6.43. The highest BCUT2D eigenvalue weighted by molar-refractivity contribution is 5.94. The SMILES string of the molecule is O=C(c1ccc(F)c(F)c1)N1CCN(c2ccc(-c3cccnc3)nn2)CC1. The molecular weight excluding hydrogens is 364 g/mol. The Morgan fingerprint density at radius 3 is 2.39 bits per heavy atom. The van der Waals surface area contributed by atoms with Crippen molar-refractivity contribution in [3.63, 3.8) is 0 Å². The third-order valence-electron chi connectivity index (χ3n) is 4.67. The van der Waals surface area contributed by atoms with Crippen molar-refractivity contribution in [1.82, 2.24) is 20.1 Å². The number of carbonyl (C=O) groups is 1. The summed E-state index contributed by atoms with van der Waals surface area (Å²) in [5, 5.41) is 8.54. The summed E-state index contributed by atoms with van der Waals surface area (Å²) in [4.78, 5) is 20.2. The number of nitrogens with zero attached hydrogens (tertiary/aromatic N) is 5. The van der Waals surface area contributed by atoms with Crippen LogP contribution in [0, 0.1) is 11.6 Å². The molecule has 1 fully saturated rings. The smallest absolute Gasteiger partial charge is 0.254 e. The van der Waals surface area contributed by atoms with E-state index in [2.05, 4.69) is 15.2 Å². The molecule has 0 radical (unpaired) electrons. The van der Waals surface area contributed by atoms with Crippen LogP contribution >= 0.6 is 0 Å². The Morgan fingerprint density at radius 2 is 1.75 bits per heavy atom. The van der Waals surface area contributed by atoms with Crippen LogP contribution in [0.2, 0.25) is 0 Å². The van der Waals surface area contributed by atoms with E-state index in [0.29, 0.717) is 26.2 Å². The lowest BCUT2D eigenvalue weighted by molar-refractivity contribution is 0.0746. The van der Waals surface area contributed by atoms with Gasteiger partial charge in [-0.1, -0.05) is 0 Å². The molecule has 1 aliphatic rings. The highest BCUT2D eigenvalue weighted by Gasteiger charge is 2.23. The summed E-state index contributed by atoms with van der Waals surface area (Å²) in [7, 11) is 0. The molecule has 3 heterocycles. The van der Waals surface area contributed by atoms with E-state index >= 15 is 0 Å². The highest BCUT2D eigenvalue weighted by atomic mass is 19.2. The summed E-state index contributed by atoms with van der Waals surface area (Å²) in [6.07, 6.45) is 3.43. The average Bonchev–Trinajstić information content (AvgIpc) is 2.76. The molecule has 0 unspecified atom stereocenters. The zero-order valence-electron chi connectivity index (χ0n) is 14.9. The van der Waals surface area contributed by atoms with Crippen LogP contribution < -0.4 is 4.90 Å². The van der Waals surface area contributed by atoms with E-state index in [1.807, 2.05) is 29.2 Å². The Balaban J connectivity index is 1.40. The number of rotatable bonds is 3. The number of aromatic nitrogens is 3. The molecular formula is C20H17F2N5O. The summed E-state index contributed by atoms with van der Waals surface area (Å²) in [5.74, 6) is -1.56. The molecule has 1 aliphatic heterocycles. The normalized spacial score (nSPS) is 14.2. The molecule has 142 valence electrons. The van der Waals surface area contributed by atoms with Crippen molar-refractivity contribution in [3.8, 4) is 11.3 Å². The molecule has 1 saturated heterocycles. The van der Waals surface area contributed by atoms with E-state index in [1.165, 1.54) is 6.07 Å². The number of anilines is 1. The average molecular weight is 381 g/mol. The first-order valence-corrected chi connectivity index (χ1v) is 8.85. The lowest BCUT2D eigenvalue weighted by Gasteiger charge is -2.35. The number of pyridine rings is 1. The van der Waals surface area contributed by atoms with Crippen LogP contribution in [0.5, 0.6) is 0 Å². The number of halogens is 2. The number of benzene rings is 1. The van der Waals surface area contributed by atoms with E-state index < -0.39 is 11.6 Å². The quantitative estimate of drug-likeness (QED) is 0.698. The van der Waals surface area contributed by atoms with Crippen molar-refractivity contribution < 1.29 is 13.6 Å². The molecule has 0 spiro atoms. The highest BCUT2D eigenvalue weighted by Crippen LogP contribution is 2.19. The van der Waals surface area contributed by atoms with Gasteiger partial charge in [0.05, 0.1) is 5.69 Å². The summed E-state index contributed by atoms with van der Waals surface area (Å²) in [5.41, 5.74) is 1.78. The third-order valence-corrected chi connectivity index (χ3v) is 4.67. The predicted octanol–water partition coefficient (Wildman–Crippen LogP) is 2.78. The second-order valence-electron chi connectivity index (χ2n) is 6.43. The van der Waals surface area contributed by atoms with Gasteiger partial charge < -0.3 is 9.80 Å². The van der Waals surface area contributed by atoms with Gasteiger partial charge in [-0.05, 0) is 42.5 Å². The van der Waals surface area contributed by atoms with Gasteiger partial charge in [-0.2, -0.15) is 0 Å². The Kier molecular flexibility index (Phi) is 4.92. The molecule has 6 nitrogen and oxygen atoms in total. The molecule has 28 heavy (non-hydrogen) atoms. The minimum atomic E-state index is -1.02. The van der Waals surface area contributed by atoms with Crippen LogP contribution in [-0.2, 0) is 0 Å². The molecule has 1 aromatic carbocycles. The molecule has 2 aromatic heterocycles. The summed E-state index contributed by atoms with van der Waals surface area (Å²) >= 11 is 0. The molecule has 8 heteroatoms. The van der Waals surface area contributed by atoms with Crippen LogP contribution in [0.1, 0.15) is 10.4 Å². The standard InChI is InChI=1S/C20H17F2N5O/c21-16-4-3-14(12-17(16)22)20(28)27-10-8-26(9-11-27)19-6-5-18(24-25-19)15-2-1-7-23-13-15/h1-7,12-13H,8-11H2. The van der Waals surface area contributed by atoms with Gasteiger partial charge in [0, 0.05) is 49.7 Å². The number of hydrogen-bond donors (Lipinski definition) is 0. The molecule has 0 bridgehead atoms. The van der Waals surface area contributed by atoms with Gasteiger partial charge in [0.15, 0.2) is 17.5 Å². The molecule has 4 rings (SSSR count). The first-order chi connectivity index (χ1) is 13.6. The van der Waals surface area contributed by atoms with Crippen molar-refractivity contribution >= 4 is 11.7 Å². The zero-order valence-corrected chi connectivity index (χ0v) is 14.9. The second kappa shape index (κ2) is 7.67. The third kappa shape index (κ3) is 3.66. The lowest BCUT2D eigenvalue weighted by Crippen LogP contribution is -2.49. The van der Waals surface area contributed by atoms with E-state index in [-0.39, 0.29) is 11.5 Å². The van der Waals surface area contributed by atoms with E-state index in [4.69, 9.17) is 0 Å². The van der Waals surface area contributed by atoms with E-state index in [9.17, 15) is 13.6 Å². The Labute approximate surface area is 160 Å². The van der Waals surface area contributed by atoms with Crippen molar-refractivity contribution in [2.24, 2.45) is 0 Å². The fourth-order valence-corrected chi connectivity index (χ4v) is 3.11. The number of hydrogen-bond acceptors (Lipinski definition) is 5. The van der Waals surface area contributed by atoms with Gasteiger partial charge >= 0.3 is 0 Å². The van der Waals surface area contributed by atoms with Gasteiger partial charge in [-0.3, -0.25) is 9.78 Å². The number of piperazine rings is 1. The largest absolute Gasteiger partial charge is 0.352 e. The maximum atomic E-state index is 13.4. The Bertz CT molecular complexity index is 974. The molecule has 0 N–H and O–H groups in total. The molecule has 0 saturated carbocycles. The van der Waals surface area contributed by atoms with Crippen LogP contribution in [0.4, 0.5) is 14.6 Å². The van der Waals surface area contributed by atoms with Crippen LogP contribution in [-0.4, -0.2) is 52.2 Å². The van der Waals surface area contributed by atoms with Gasteiger partial charge in [0.2, 0.25) is 0 Å². The van der Waals surface area contributed by atoms with E-state index in [0.717, 1.165) is 29.2 Å². The van der Waals surface area contributed by atoms with Crippen molar-refractivity contribution in [2.45, 2.75) is 0 Å². The van der Waals surface area contributed by atoms with E-state index in [1.54, 1.807) is 17.3 Å². The summed E-state index contributed by atoms with van der Waals surface area (Å²) < 4.78 is 26.4. The summed E-state index contributed by atoms with van der Waals surface area (Å²) in [6.45, 7) is 2.08. The minimum Gasteiger partial charge on any atom is -0.352 e. The van der Waals surface area contributed by atoms with Crippen molar-refractivity contribution in [3.05, 3.63) is 72.1 Å². The number of amides is 1. The predicted molar refractivity (Wildman–Crippen MR) is 99.7 cm³/mol. The molecule has 0 atom stereocenters. The molecule has 0 aliphatic carbocycles. The first kappa shape index (κ1) is 18.0. The Morgan fingerprint density at radius 1 is 0.929 bits per heavy atom. The fraction of sp³-hybridized carbons (Fsp3) is 0.200.